The molecule has 13 heavy (non-hydrogen) atoms. The number of hydrogen-bond donors (Lipinski definition) is 1. The minimum absolute atomic E-state index is 0.407. The lowest BCUT2D eigenvalue weighted by atomic mass is 10.2. The Morgan fingerprint density at radius 1 is 1.38 bits per heavy atom. The summed E-state index contributed by atoms with van der Waals surface area (Å²) in [5, 5.41) is 9.31. The fourth-order valence-electron chi connectivity index (χ4n) is 0.932. The molecule has 0 fully saturated rings. The van der Waals surface area contributed by atoms with Gasteiger partial charge in [0.25, 0.3) is 0 Å². The van der Waals surface area contributed by atoms with Gasteiger partial charge in [0.05, 0.1) is 4.48 Å². The van der Waals surface area contributed by atoms with Crippen LogP contribution in [0.15, 0.2) is 34.0 Å². The van der Waals surface area contributed by atoms with Gasteiger partial charge in [-0.3, -0.25) is 0 Å². The minimum atomic E-state index is 0.407. The third-order valence-electron chi connectivity index (χ3n) is 1.69. The van der Waals surface area contributed by atoms with Crippen LogP contribution in [0.25, 0.3) is 0 Å². The van der Waals surface area contributed by atoms with Gasteiger partial charge in [-0.15, -0.1) is 0 Å². The molecule has 0 amide bonds. The molecule has 1 nitrogen and oxygen atoms in total. The van der Waals surface area contributed by atoms with Crippen molar-refractivity contribution in [2.75, 3.05) is 0 Å². The second kappa shape index (κ2) is 6.96. The van der Waals surface area contributed by atoms with Gasteiger partial charge in [0, 0.05) is 6.42 Å². The summed E-state index contributed by atoms with van der Waals surface area (Å²) in [6.07, 6.45) is 7.60. The van der Waals surface area contributed by atoms with Crippen molar-refractivity contribution in [2.45, 2.75) is 33.6 Å². The quantitative estimate of drug-likeness (QED) is 0.722. The Kier molecular flexibility index (Phi) is 6.69. The number of rotatable bonds is 1. The van der Waals surface area contributed by atoms with Crippen LogP contribution in [0.5, 0.6) is 0 Å². The number of aliphatic hydroxyl groups excluding tert-OH is 1. The predicted octanol–water partition coefficient (Wildman–Crippen LogP) is 4.47. The third-order valence-corrected chi connectivity index (χ3v) is 2.41. The van der Waals surface area contributed by atoms with Crippen molar-refractivity contribution < 1.29 is 5.11 Å². The first kappa shape index (κ1) is 12.5. The molecule has 2 heteroatoms. The van der Waals surface area contributed by atoms with Crippen molar-refractivity contribution in [1.82, 2.24) is 0 Å². The van der Waals surface area contributed by atoms with Gasteiger partial charge in [0.1, 0.15) is 5.76 Å². The monoisotopic (exact) mass is 244 g/mol. The third kappa shape index (κ3) is 4.32. The van der Waals surface area contributed by atoms with Gasteiger partial charge >= 0.3 is 0 Å². The molecule has 1 rings (SSSR count). The van der Waals surface area contributed by atoms with Crippen molar-refractivity contribution in [2.24, 2.45) is 0 Å². The molecule has 0 atom stereocenters. The van der Waals surface area contributed by atoms with Gasteiger partial charge in [0.2, 0.25) is 0 Å². The Balaban J connectivity index is 0.000000671. The molecule has 0 aliphatic heterocycles. The largest absolute Gasteiger partial charge is 0.511 e. The molecule has 74 valence electrons. The molecule has 0 aromatic carbocycles. The zero-order valence-corrected chi connectivity index (χ0v) is 10.1. The number of hydrogen-bond acceptors (Lipinski definition) is 1. The normalized spacial score (nSPS) is 15.8. The lowest BCUT2D eigenvalue weighted by molar-refractivity contribution is 0.400. The zero-order valence-electron chi connectivity index (χ0n) is 8.47. The molecule has 0 spiro atoms. The van der Waals surface area contributed by atoms with E-state index >= 15 is 0 Å². The number of allylic oxidation sites excluding steroid dienone is 5. The number of halogens is 1. The molecule has 1 aliphatic rings. The highest BCUT2D eigenvalue weighted by molar-refractivity contribution is 9.11. The highest BCUT2D eigenvalue weighted by Crippen LogP contribution is 2.21. The van der Waals surface area contributed by atoms with Crippen molar-refractivity contribution in [3.05, 3.63) is 34.0 Å². The second-order valence-electron chi connectivity index (χ2n) is 2.46. The van der Waals surface area contributed by atoms with Crippen molar-refractivity contribution in [1.29, 1.82) is 0 Å². The van der Waals surface area contributed by atoms with Crippen LogP contribution in [0.2, 0.25) is 0 Å². The maximum Gasteiger partial charge on any atom is 0.110 e. The van der Waals surface area contributed by atoms with Crippen LogP contribution in [0.1, 0.15) is 33.6 Å². The number of aliphatic hydroxyl groups is 1. The van der Waals surface area contributed by atoms with E-state index in [-0.39, 0.29) is 0 Å². The van der Waals surface area contributed by atoms with Crippen molar-refractivity contribution >= 4 is 15.9 Å². The summed E-state index contributed by atoms with van der Waals surface area (Å²) in [5.41, 5.74) is 1.27. The first-order chi connectivity index (χ1) is 6.24. The molecular weight excluding hydrogens is 228 g/mol. The van der Waals surface area contributed by atoms with Crippen LogP contribution < -0.4 is 0 Å². The molecule has 0 radical (unpaired) electrons. The van der Waals surface area contributed by atoms with Crippen molar-refractivity contribution in [3.8, 4) is 0 Å². The fraction of sp³-hybridized carbons (Fsp3) is 0.455. The summed E-state index contributed by atoms with van der Waals surface area (Å²) in [5.74, 6) is 0.407. The van der Waals surface area contributed by atoms with Crippen LogP contribution in [-0.4, -0.2) is 5.11 Å². The van der Waals surface area contributed by atoms with Crippen LogP contribution in [0.4, 0.5) is 0 Å². The molecule has 1 N–H and O–H groups in total. The van der Waals surface area contributed by atoms with Crippen LogP contribution in [0, 0.1) is 0 Å². The highest BCUT2D eigenvalue weighted by Gasteiger charge is 2.01. The van der Waals surface area contributed by atoms with Gasteiger partial charge < -0.3 is 5.11 Å². The maximum absolute atomic E-state index is 9.31. The summed E-state index contributed by atoms with van der Waals surface area (Å²) in [6.45, 7) is 6.10. The van der Waals surface area contributed by atoms with E-state index in [1.165, 1.54) is 5.57 Å². The van der Waals surface area contributed by atoms with Gasteiger partial charge in [-0.2, -0.15) is 0 Å². The van der Waals surface area contributed by atoms with Crippen LogP contribution >= 0.6 is 15.9 Å². The Hall–Kier alpha value is -0.500. The molecule has 0 aromatic heterocycles. The molecule has 0 bridgehead atoms. The van der Waals surface area contributed by atoms with E-state index in [1.807, 2.05) is 32.1 Å². The Morgan fingerprint density at radius 3 is 2.54 bits per heavy atom. The second-order valence-corrected chi connectivity index (χ2v) is 3.32. The molecule has 0 saturated carbocycles. The summed E-state index contributed by atoms with van der Waals surface area (Å²) >= 11 is 3.27. The predicted molar refractivity (Wildman–Crippen MR) is 62.1 cm³/mol. The van der Waals surface area contributed by atoms with E-state index in [1.54, 1.807) is 0 Å². The molecule has 0 heterocycles. The summed E-state index contributed by atoms with van der Waals surface area (Å²) in [4.78, 5) is 0. The average Bonchev–Trinajstić information content (AvgIpc) is 2.34. The topological polar surface area (TPSA) is 20.2 Å². The molecular formula is C11H17BrO. The average molecular weight is 245 g/mol. The Labute approximate surface area is 89.0 Å². The summed E-state index contributed by atoms with van der Waals surface area (Å²) in [6, 6.07) is 0. The maximum atomic E-state index is 9.31. The molecule has 0 unspecified atom stereocenters. The van der Waals surface area contributed by atoms with E-state index in [2.05, 4.69) is 22.9 Å². The smallest absolute Gasteiger partial charge is 0.110 e. The van der Waals surface area contributed by atoms with E-state index in [0.29, 0.717) is 12.2 Å². The first-order valence-corrected chi connectivity index (χ1v) is 5.48. The lowest BCUT2D eigenvalue weighted by Gasteiger charge is -1.94. The minimum Gasteiger partial charge on any atom is -0.511 e. The highest BCUT2D eigenvalue weighted by atomic mass is 79.9. The van der Waals surface area contributed by atoms with E-state index in [0.717, 1.165) is 10.9 Å². The first-order valence-electron chi connectivity index (χ1n) is 4.68. The Morgan fingerprint density at radius 2 is 2.00 bits per heavy atom. The van der Waals surface area contributed by atoms with Gasteiger partial charge in [-0.25, -0.2) is 0 Å². The zero-order chi connectivity index (χ0) is 10.3. The van der Waals surface area contributed by atoms with E-state index in [9.17, 15) is 5.11 Å². The van der Waals surface area contributed by atoms with Crippen LogP contribution in [-0.2, 0) is 0 Å². The Bertz CT molecular complexity index is 236. The van der Waals surface area contributed by atoms with Crippen molar-refractivity contribution in [3.63, 3.8) is 0 Å². The standard InChI is InChI=1S/C9H11BrO.C2H6/c1-2-7-3-5-8(10)9(11)6-4-7;1-2/h3-5,11H,2,6H2,1H3;1-2H3. The SMILES string of the molecule is CC.CCC1=CCC(O)=C(Br)C=C1. The van der Waals surface area contributed by atoms with Gasteiger partial charge in [-0.05, 0) is 28.4 Å². The summed E-state index contributed by atoms with van der Waals surface area (Å²) < 4.78 is 0.789. The lowest BCUT2D eigenvalue weighted by Crippen LogP contribution is -1.78. The van der Waals surface area contributed by atoms with E-state index < -0.39 is 0 Å². The van der Waals surface area contributed by atoms with Crippen LogP contribution in [0.3, 0.4) is 0 Å². The van der Waals surface area contributed by atoms with Gasteiger partial charge in [-0.1, -0.05) is 38.5 Å². The molecule has 1 aliphatic carbocycles. The molecule has 0 aromatic rings. The van der Waals surface area contributed by atoms with E-state index in [4.69, 9.17) is 0 Å². The summed E-state index contributed by atoms with van der Waals surface area (Å²) in [7, 11) is 0. The molecule has 0 saturated heterocycles. The van der Waals surface area contributed by atoms with Gasteiger partial charge in [0.15, 0.2) is 0 Å². The fourth-order valence-corrected chi connectivity index (χ4v) is 1.23.